The molecule has 0 radical (unpaired) electrons. The Kier molecular flexibility index (Phi) is 10.4. The van der Waals surface area contributed by atoms with Gasteiger partial charge in [0.2, 0.25) is 17.7 Å². The Balaban J connectivity index is 1.80. The summed E-state index contributed by atoms with van der Waals surface area (Å²) in [4.78, 5) is 54.7. The third-order valence-corrected chi connectivity index (χ3v) is 6.84. The maximum absolute atomic E-state index is 13.5. The molecule has 214 valence electrons. The minimum Gasteiger partial charge on any atom is -0.480 e. The molecule has 3 aromatic rings. The van der Waals surface area contributed by atoms with Gasteiger partial charge in [0, 0.05) is 23.5 Å². The summed E-state index contributed by atoms with van der Waals surface area (Å²) in [5.74, 6) is -3.53. The van der Waals surface area contributed by atoms with Crippen molar-refractivity contribution in [2.45, 2.75) is 64.7 Å². The zero-order valence-corrected chi connectivity index (χ0v) is 23.3. The molecule has 3 amide bonds. The summed E-state index contributed by atoms with van der Waals surface area (Å²) < 4.78 is 0. The van der Waals surface area contributed by atoms with Crippen molar-refractivity contribution in [3.05, 3.63) is 71.9 Å². The van der Waals surface area contributed by atoms with Gasteiger partial charge < -0.3 is 31.8 Å². The van der Waals surface area contributed by atoms with E-state index >= 15 is 0 Å². The van der Waals surface area contributed by atoms with Crippen LogP contribution in [0.1, 0.15) is 38.8 Å². The van der Waals surface area contributed by atoms with Gasteiger partial charge >= 0.3 is 5.97 Å². The first-order valence-corrected chi connectivity index (χ1v) is 13.5. The highest BCUT2D eigenvalue weighted by Crippen LogP contribution is 2.20. The van der Waals surface area contributed by atoms with Crippen LogP contribution in [0.4, 0.5) is 0 Å². The molecule has 4 atom stereocenters. The average Bonchev–Trinajstić information content (AvgIpc) is 3.32. The molecule has 0 bridgehead atoms. The Bertz CT molecular complexity index is 1320. The van der Waals surface area contributed by atoms with Crippen LogP contribution < -0.4 is 21.7 Å². The molecule has 0 spiro atoms. The van der Waals surface area contributed by atoms with Crippen LogP contribution in [0.5, 0.6) is 0 Å². The number of H-pyrrole nitrogens is 1. The lowest BCUT2D eigenvalue weighted by molar-refractivity contribution is -0.143. The number of hydrogen-bond acceptors (Lipinski definition) is 5. The van der Waals surface area contributed by atoms with Gasteiger partial charge in [-0.15, -0.1) is 0 Å². The molecule has 0 aliphatic carbocycles. The number of hydrogen-bond donors (Lipinski definition) is 6. The number of carboxylic acids is 1. The molecule has 10 nitrogen and oxygen atoms in total. The van der Waals surface area contributed by atoms with Gasteiger partial charge in [0.25, 0.3) is 0 Å². The number of aromatic amines is 1. The van der Waals surface area contributed by atoms with Crippen molar-refractivity contribution < 1.29 is 24.3 Å². The molecule has 0 aliphatic rings. The first kappa shape index (κ1) is 30.4. The van der Waals surface area contributed by atoms with Crippen molar-refractivity contribution in [1.82, 2.24) is 20.9 Å². The summed E-state index contributed by atoms with van der Waals surface area (Å²) >= 11 is 0. The quantitative estimate of drug-likeness (QED) is 0.191. The summed E-state index contributed by atoms with van der Waals surface area (Å²) in [5, 5.41) is 18.6. The maximum Gasteiger partial charge on any atom is 0.326 e. The van der Waals surface area contributed by atoms with Crippen molar-refractivity contribution in [2.75, 3.05) is 0 Å². The minimum absolute atomic E-state index is 0.109. The van der Waals surface area contributed by atoms with Crippen molar-refractivity contribution in [3.63, 3.8) is 0 Å². The number of rotatable bonds is 13. The van der Waals surface area contributed by atoms with E-state index in [0.717, 1.165) is 22.0 Å². The van der Waals surface area contributed by atoms with E-state index in [0.29, 0.717) is 6.42 Å². The summed E-state index contributed by atoms with van der Waals surface area (Å²) in [7, 11) is 0. The molecule has 1 aromatic heterocycles. The maximum atomic E-state index is 13.5. The minimum atomic E-state index is -1.17. The second-order valence-corrected chi connectivity index (χ2v) is 10.7. The van der Waals surface area contributed by atoms with Gasteiger partial charge in [-0.3, -0.25) is 14.4 Å². The van der Waals surface area contributed by atoms with E-state index in [-0.39, 0.29) is 18.3 Å². The Morgan fingerprint density at radius 1 is 0.775 bits per heavy atom. The molecule has 7 N–H and O–H groups in total. The molecule has 10 heteroatoms. The van der Waals surface area contributed by atoms with E-state index in [1.54, 1.807) is 33.9 Å². The fourth-order valence-electron chi connectivity index (χ4n) is 4.51. The van der Waals surface area contributed by atoms with Crippen LogP contribution in [0.2, 0.25) is 0 Å². The number of para-hydroxylation sites is 1. The first-order chi connectivity index (χ1) is 19.0. The number of carboxylic acid groups (broad SMARTS) is 1. The van der Waals surface area contributed by atoms with Crippen LogP contribution in [-0.4, -0.2) is 57.9 Å². The average molecular weight is 550 g/mol. The van der Waals surface area contributed by atoms with Crippen LogP contribution in [0.25, 0.3) is 10.9 Å². The number of carbonyl (C=O) groups excluding carboxylic acids is 3. The molecular weight excluding hydrogens is 510 g/mol. The van der Waals surface area contributed by atoms with Gasteiger partial charge in [0.05, 0.1) is 6.04 Å². The standard InChI is InChI=1S/C30H39N5O5/c1-17(2)25(34-27(36)22(31)14-19-10-6-5-7-11-19)29(38)33-24(28(37)35-26(18(3)4)30(39)40)15-20-16-32-23-13-9-8-12-21(20)23/h5-13,16-18,22,24-26,32H,14-15,31H2,1-4H3,(H,33,38)(H,34,36)(H,35,37)(H,39,40). The highest BCUT2D eigenvalue weighted by atomic mass is 16.4. The second-order valence-electron chi connectivity index (χ2n) is 10.7. The number of amides is 3. The molecule has 4 unspecified atom stereocenters. The fourth-order valence-corrected chi connectivity index (χ4v) is 4.51. The third kappa shape index (κ3) is 7.92. The van der Waals surface area contributed by atoms with Gasteiger partial charge in [0.15, 0.2) is 0 Å². The van der Waals surface area contributed by atoms with E-state index in [9.17, 15) is 24.3 Å². The molecule has 40 heavy (non-hydrogen) atoms. The Morgan fingerprint density at radius 3 is 2.00 bits per heavy atom. The number of carbonyl (C=O) groups is 4. The van der Waals surface area contributed by atoms with E-state index in [1.165, 1.54) is 0 Å². The SMILES string of the molecule is CC(C)C(NC(=O)C(Cc1c[nH]c2ccccc12)NC(=O)C(NC(=O)C(N)Cc1ccccc1)C(C)C)C(=O)O. The fraction of sp³-hybridized carbons (Fsp3) is 0.400. The molecular formula is C30H39N5O5. The number of aromatic nitrogens is 1. The predicted molar refractivity (Wildman–Crippen MR) is 153 cm³/mol. The van der Waals surface area contributed by atoms with Gasteiger partial charge in [-0.1, -0.05) is 76.2 Å². The lowest BCUT2D eigenvalue weighted by Crippen LogP contribution is -2.59. The number of aliphatic carboxylic acids is 1. The lowest BCUT2D eigenvalue weighted by atomic mass is 9.99. The largest absolute Gasteiger partial charge is 0.480 e. The van der Waals surface area contributed by atoms with Crippen molar-refractivity contribution >= 4 is 34.6 Å². The normalized spacial score (nSPS) is 14.4. The van der Waals surface area contributed by atoms with E-state index in [1.807, 2.05) is 54.6 Å². The summed E-state index contributed by atoms with van der Waals surface area (Å²) in [6.07, 6.45) is 2.17. The number of nitrogens with one attached hydrogen (secondary N) is 4. The van der Waals surface area contributed by atoms with Crippen LogP contribution in [-0.2, 0) is 32.0 Å². The highest BCUT2D eigenvalue weighted by molar-refractivity contribution is 5.95. The van der Waals surface area contributed by atoms with E-state index in [2.05, 4.69) is 20.9 Å². The second kappa shape index (κ2) is 13.7. The van der Waals surface area contributed by atoms with Crippen LogP contribution in [0.15, 0.2) is 60.8 Å². The van der Waals surface area contributed by atoms with Crippen LogP contribution in [0.3, 0.4) is 0 Å². The van der Waals surface area contributed by atoms with Crippen LogP contribution in [0, 0.1) is 11.8 Å². The van der Waals surface area contributed by atoms with Crippen molar-refractivity contribution in [1.29, 1.82) is 0 Å². The molecule has 2 aromatic carbocycles. The van der Waals surface area contributed by atoms with Gasteiger partial charge in [-0.05, 0) is 35.4 Å². The predicted octanol–water partition coefficient (Wildman–Crippen LogP) is 2.13. The Hall–Kier alpha value is -4.18. The van der Waals surface area contributed by atoms with Gasteiger partial charge in [-0.25, -0.2) is 4.79 Å². The topological polar surface area (TPSA) is 166 Å². The zero-order valence-electron chi connectivity index (χ0n) is 23.3. The third-order valence-electron chi connectivity index (χ3n) is 6.84. The Labute approximate surface area is 234 Å². The summed E-state index contributed by atoms with van der Waals surface area (Å²) in [5.41, 5.74) is 8.68. The molecule has 1 heterocycles. The summed E-state index contributed by atoms with van der Waals surface area (Å²) in [6.45, 7) is 6.94. The first-order valence-electron chi connectivity index (χ1n) is 13.5. The van der Waals surface area contributed by atoms with Gasteiger partial charge in [0.1, 0.15) is 18.1 Å². The zero-order chi connectivity index (χ0) is 29.4. The van der Waals surface area contributed by atoms with Crippen LogP contribution >= 0.6 is 0 Å². The smallest absolute Gasteiger partial charge is 0.326 e. The van der Waals surface area contributed by atoms with E-state index in [4.69, 9.17) is 5.73 Å². The molecule has 3 rings (SSSR count). The molecule has 0 saturated carbocycles. The molecule has 0 saturated heterocycles. The van der Waals surface area contributed by atoms with E-state index < -0.39 is 47.9 Å². The van der Waals surface area contributed by atoms with Gasteiger partial charge in [-0.2, -0.15) is 0 Å². The number of fused-ring (bicyclic) bond motifs is 1. The summed E-state index contributed by atoms with van der Waals surface area (Å²) in [6, 6.07) is 12.8. The monoisotopic (exact) mass is 549 g/mol. The number of nitrogens with two attached hydrogens (primary N) is 1. The molecule has 0 aliphatic heterocycles. The lowest BCUT2D eigenvalue weighted by Gasteiger charge is -2.27. The highest BCUT2D eigenvalue weighted by Gasteiger charge is 2.33. The van der Waals surface area contributed by atoms with Crippen molar-refractivity contribution in [2.24, 2.45) is 17.6 Å². The number of benzene rings is 2. The van der Waals surface area contributed by atoms with Crippen molar-refractivity contribution in [3.8, 4) is 0 Å². The Morgan fingerprint density at radius 2 is 1.38 bits per heavy atom. The molecule has 0 fully saturated rings.